The molecule has 2 bridgehead atoms. The lowest BCUT2D eigenvalue weighted by atomic mass is 9.71. The highest BCUT2D eigenvalue weighted by Gasteiger charge is 2.56. The van der Waals surface area contributed by atoms with Gasteiger partial charge in [0.15, 0.2) is 11.5 Å². The van der Waals surface area contributed by atoms with E-state index in [1.807, 2.05) is 6.92 Å². The zero-order valence-electron chi connectivity index (χ0n) is 20.8. The molecule has 8 nitrogen and oxygen atoms in total. The van der Waals surface area contributed by atoms with Crippen LogP contribution >= 0.6 is 0 Å². The van der Waals surface area contributed by atoms with Gasteiger partial charge in [0.25, 0.3) is 0 Å². The number of aliphatic hydroxyl groups is 1. The number of hydrogen-bond donors (Lipinski definition) is 2. The third-order valence-electron chi connectivity index (χ3n) is 8.74. The molecule has 4 aliphatic heterocycles. The van der Waals surface area contributed by atoms with Gasteiger partial charge in [-0.2, -0.15) is 5.26 Å². The Kier molecular flexibility index (Phi) is 4.98. The van der Waals surface area contributed by atoms with E-state index in [0.717, 1.165) is 34.4 Å². The Morgan fingerprint density at radius 2 is 1.86 bits per heavy atom. The molecule has 0 saturated carbocycles. The van der Waals surface area contributed by atoms with Gasteiger partial charge < -0.3 is 24.4 Å². The lowest BCUT2D eigenvalue weighted by Gasteiger charge is -2.60. The Balaban J connectivity index is 1.61. The Morgan fingerprint density at radius 3 is 2.54 bits per heavy atom. The predicted octanol–water partition coefficient (Wildman–Crippen LogP) is 2.82. The lowest BCUT2D eigenvalue weighted by Crippen LogP contribution is -2.68. The fourth-order valence-corrected chi connectivity index (χ4v) is 7.36. The first kappa shape index (κ1) is 22.5. The summed E-state index contributed by atoms with van der Waals surface area (Å²) < 4.78 is 17.3. The van der Waals surface area contributed by atoms with Crippen molar-refractivity contribution in [3.05, 3.63) is 45.0 Å². The summed E-state index contributed by atoms with van der Waals surface area (Å²) in [4.78, 5) is 4.51. The Bertz CT molecular complexity index is 1290. The third kappa shape index (κ3) is 2.77. The Morgan fingerprint density at radius 1 is 1.11 bits per heavy atom. The maximum atomic E-state index is 11.3. The second-order valence-corrected chi connectivity index (χ2v) is 10.2. The van der Waals surface area contributed by atoms with E-state index in [0.29, 0.717) is 23.5 Å². The van der Waals surface area contributed by atoms with Crippen LogP contribution in [0.25, 0.3) is 0 Å². The molecule has 1 fully saturated rings. The van der Waals surface area contributed by atoms with Gasteiger partial charge in [-0.25, -0.2) is 0 Å². The van der Waals surface area contributed by atoms with Crippen molar-refractivity contribution in [2.75, 3.05) is 27.6 Å². The number of rotatable bonds is 2. The first-order chi connectivity index (χ1) is 16.8. The van der Waals surface area contributed by atoms with Crippen LogP contribution in [0.2, 0.25) is 0 Å². The maximum Gasteiger partial charge on any atom is 0.231 e. The number of aromatic hydroxyl groups is 1. The van der Waals surface area contributed by atoms with Crippen LogP contribution in [0.4, 0.5) is 0 Å². The van der Waals surface area contributed by atoms with Gasteiger partial charge >= 0.3 is 0 Å². The van der Waals surface area contributed by atoms with Gasteiger partial charge in [-0.3, -0.25) is 9.80 Å². The van der Waals surface area contributed by atoms with Crippen LogP contribution in [0.1, 0.15) is 51.0 Å². The standard InChI is InChI=1S/C27H31N3O5/c1-12-6-15-7-17-19(9-28)30-18(23(29(17)4)21(15)13(2)25(12)33-5)8-16-22(20(30)10-31)27-26(34-11-35-27)14(3)24(16)32/h6,17-20,23,31-32H,7-8,10-11H2,1-5H3/t17-,18?,19-,20-,23-/m0/s1. The lowest BCUT2D eigenvalue weighted by molar-refractivity contribution is -0.0821. The molecule has 1 saturated heterocycles. The van der Waals surface area contributed by atoms with Crippen LogP contribution in [0.5, 0.6) is 23.0 Å². The number of nitriles is 1. The van der Waals surface area contributed by atoms with Crippen molar-refractivity contribution >= 4 is 0 Å². The number of fused-ring (bicyclic) bond motifs is 9. The number of aliphatic hydroxyl groups excluding tert-OH is 1. The van der Waals surface area contributed by atoms with E-state index in [-0.39, 0.29) is 37.3 Å². The van der Waals surface area contributed by atoms with Gasteiger partial charge in [0.05, 0.1) is 31.9 Å². The van der Waals surface area contributed by atoms with E-state index in [9.17, 15) is 15.5 Å². The average molecular weight is 478 g/mol. The minimum atomic E-state index is -0.483. The number of phenols is 1. The zero-order valence-corrected chi connectivity index (χ0v) is 20.8. The fraction of sp³-hybridized carbons (Fsp3) is 0.519. The second-order valence-electron chi connectivity index (χ2n) is 10.2. The topological polar surface area (TPSA) is 98.4 Å². The first-order valence-electron chi connectivity index (χ1n) is 12.1. The largest absolute Gasteiger partial charge is 0.507 e. The molecular weight excluding hydrogens is 446 g/mol. The summed E-state index contributed by atoms with van der Waals surface area (Å²) in [5.74, 6) is 2.20. The van der Waals surface area contributed by atoms with Crippen molar-refractivity contribution in [1.82, 2.24) is 9.80 Å². The first-order valence-corrected chi connectivity index (χ1v) is 12.1. The molecule has 0 aliphatic carbocycles. The molecule has 6 rings (SSSR count). The van der Waals surface area contributed by atoms with Crippen LogP contribution in [0, 0.1) is 32.1 Å². The van der Waals surface area contributed by atoms with E-state index >= 15 is 0 Å². The highest BCUT2D eigenvalue weighted by molar-refractivity contribution is 5.65. The van der Waals surface area contributed by atoms with Crippen molar-refractivity contribution in [2.45, 2.75) is 63.8 Å². The number of piperazine rings is 1. The van der Waals surface area contributed by atoms with E-state index in [1.165, 1.54) is 11.1 Å². The molecule has 184 valence electrons. The van der Waals surface area contributed by atoms with Crippen molar-refractivity contribution in [1.29, 1.82) is 5.26 Å². The van der Waals surface area contributed by atoms with Gasteiger partial charge in [-0.05, 0) is 62.9 Å². The molecule has 8 heteroatoms. The molecule has 0 amide bonds. The SMILES string of the molecule is COc1c(C)cc2c(c1C)[C@@H]1C3Cc4c(O)c(C)c5c(c4[C@H](CO)N3[C@@H](C#N)[C@H](C2)N1C)OCO5. The quantitative estimate of drug-likeness (QED) is 0.682. The summed E-state index contributed by atoms with van der Waals surface area (Å²) in [5.41, 5.74) is 6.88. The average Bonchev–Trinajstić information content (AvgIpc) is 3.32. The molecule has 35 heavy (non-hydrogen) atoms. The minimum absolute atomic E-state index is 0.0184. The van der Waals surface area contributed by atoms with E-state index < -0.39 is 12.1 Å². The molecule has 0 spiro atoms. The molecule has 1 unspecified atom stereocenters. The number of benzene rings is 2. The highest BCUT2D eigenvalue weighted by Crippen LogP contribution is 2.57. The fourth-order valence-electron chi connectivity index (χ4n) is 7.36. The van der Waals surface area contributed by atoms with Gasteiger partial charge in [0, 0.05) is 28.8 Å². The third-order valence-corrected chi connectivity index (χ3v) is 8.74. The molecule has 2 aromatic carbocycles. The molecule has 4 heterocycles. The zero-order chi connectivity index (χ0) is 24.8. The Hall–Kier alpha value is -2.99. The highest BCUT2D eigenvalue weighted by atomic mass is 16.7. The molecular formula is C27H31N3O5. The molecule has 0 radical (unpaired) electrons. The second kappa shape index (κ2) is 7.76. The number of likely N-dealkylation sites (N-methyl/N-ethyl adjacent to an activating group) is 1. The molecule has 2 N–H and O–H groups in total. The Labute approximate surface area is 205 Å². The summed E-state index contributed by atoms with van der Waals surface area (Å²) >= 11 is 0. The smallest absolute Gasteiger partial charge is 0.231 e. The molecule has 5 atom stereocenters. The molecule has 4 aliphatic rings. The van der Waals surface area contributed by atoms with Gasteiger partial charge in [-0.1, -0.05) is 6.07 Å². The summed E-state index contributed by atoms with van der Waals surface area (Å²) in [6, 6.07) is 3.70. The maximum absolute atomic E-state index is 11.3. The number of methoxy groups -OCH3 is 1. The predicted molar refractivity (Wildman–Crippen MR) is 128 cm³/mol. The van der Waals surface area contributed by atoms with E-state index in [1.54, 1.807) is 7.11 Å². The molecule has 2 aromatic rings. The van der Waals surface area contributed by atoms with Crippen LogP contribution in [-0.2, 0) is 12.8 Å². The minimum Gasteiger partial charge on any atom is -0.507 e. The number of hydrogen-bond acceptors (Lipinski definition) is 8. The summed E-state index contributed by atoms with van der Waals surface area (Å²) in [6.07, 6.45) is 1.28. The van der Waals surface area contributed by atoms with E-state index in [4.69, 9.17) is 14.2 Å². The van der Waals surface area contributed by atoms with Gasteiger partial charge in [0.1, 0.15) is 17.5 Å². The van der Waals surface area contributed by atoms with Crippen LogP contribution in [-0.4, -0.2) is 65.7 Å². The van der Waals surface area contributed by atoms with Crippen molar-refractivity contribution in [3.63, 3.8) is 0 Å². The normalized spacial score (nSPS) is 28.7. The van der Waals surface area contributed by atoms with Crippen LogP contribution < -0.4 is 14.2 Å². The van der Waals surface area contributed by atoms with Crippen molar-refractivity contribution in [3.8, 4) is 29.1 Å². The summed E-state index contributed by atoms with van der Waals surface area (Å²) in [6.45, 7) is 5.90. The number of phenolic OH excluding ortho intramolecular Hbond substituents is 1. The van der Waals surface area contributed by atoms with E-state index in [2.05, 4.69) is 42.8 Å². The van der Waals surface area contributed by atoms with Crippen LogP contribution in [0.3, 0.4) is 0 Å². The number of aryl methyl sites for hydroxylation is 1. The number of ether oxygens (including phenoxy) is 3. The van der Waals surface area contributed by atoms with Crippen molar-refractivity contribution in [2.24, 2.45) is 0 Å². The molecule has 0 aromatic heterocycles. The summed E-state index contributed by atoms with van der Waals surface area (Å²) in [5, 5.41) is 32.4. The van der Waals surface area contributed by atoms with Crippen molar-refractivity contribution < 1.29 is 24.4 Å². The number of nitrogens with zero attached hydrogens (tertiary/aromatic N) is 3. The monoisotopic (exact) mass is 477 g/mol. The van der Waals surface area contributed by atoms with Gasteiger partial charge in [-0.15, -0.1) is 0 Å². The van der Waals surface area contributed by atoms with Gasteiger partial charge in [0.2, 0.25) is 6.79 Å². The van der Waals surface area contributed by atoms with Crippen LogP contribution in [0.15, 0.2) is 6.07 Å². The summed E-state index contributed by atoms with van der Waals surface area (Å²) in [7, 11) is 3.80.